The Balaban J connectivity index is 2.09. The van der Waals surface area contributed by atoms with E-state index < -0.39 is 13.0 Å². The number of carbonyl (C=O) groups is 1. The number of carbonyl (C=O) groups excluding carboxylic acids is 1. The summed E-state index contributed by atoms with van der Waals surface area (Å²) < 4.78 is 26.3. The van der Waals surface area contributed by atoms with E-state index in [1.165, 1.54) is 10.8 Å². The number of amides is 1. The molecular weight excluding hydrogens is 264 g/mol. The Bertz CT molecular complexity index is 459. The Morgan fingerprint density at radius 2 is 2.30 bits per heavy atom. The lowest BCUT2D eigenvalue weighted by Crippen LogP contribution is -2.45. The van der Waals surface area contributed by atoms with Gasteiger partial charge in [-0.2, -0.15) is 0 Å². The minimum atomic E-state index is -2.47. The van der Waals surface area contributed by atoms with Crippen LogP contribution in [0.1, 0.15) is 30.3 Å². The van der Waals surface area contributed by atoms with Crippen molar-refractivity contribution in [3.05, 3.63) is 24.0 Å². The van der Waals surface area contributed by atoms with Gasteiger partial charge in [-0.3, -0.25) is 4.79 Å². The fourth-order valence-corrected chi connectivity index (χ4v) is 2.70. The van der Waals surface area contributed by atoms with Gasteiger partial charge >= 0.3 is 0 Å². The first-order valence-corrected chi connectivity index (χ1v) is 6.97. The summed E-state index contributed by atoms with van der Waals surface area (Å²) in [6, 6.07) is 3.27. The van der Waals surface area contributed by atoms with Crippen LogP contribution in [0.4, 0.5) is 8.78 Å². The maximum Gasteiger partial charge on any atom is 0.270 e. The third-order valence-electron chi connectivity index (χ3n) is 3.87. The van der Waals surface area contributed by atoms with Gasteiger partial charge in [-0.25, -0.2) is 8.78 Å². The van der Waals surface area contributed by atoms with E-state index in [2.05, 4.69) is 0 Å². The minimum absolute atomic E-state index is 0.0402. The maximum absolute atomic E-state index is 12.5. The molecule has 6 heteroatoms. The molecule has 0 radical (unpaired) electrons. The van der Waals surface area contributed by atoms with E-state index in [0.717, 1.165) is 12.8 Å². The summed E-state index contributed by atoms with van der Waals surface area (Å²) in [4.78, 5) is 14.2. The molecule has 112 valence electrons. The SMILES string of the molecule is CC(N)C1CCCN(C(=O)c2cccn2CC(F)F)C1. The molecule has 1 fully saturated rings. The molecule has 1 aromatic rings. The molecular formula is C14H21F2N3O. The quantitative estimate of drug-likeness (QED) is 0.919. The summed E-state index contributed by atoms with van der Waals surface area (Å²) in [6.45, 7) is 2.77. The van der Waals surface area contributed by atoms with E-state index in [-0.39, 0.29) is 17.9 Å². The predicted molar refractivity (Wildman–Crippen MR) is 72.7 cm³/mol. The number of nitrogens with zero attached hydrogens (tertiary/aromatic N) is 2. The van der Waals surface area contributed by atoms with Crippen molar-refractivity contribution in [2.45, 2.75) is 38.8 Å². The van der Waals surface area contributed by atoms with E-state index in [4.69, 9.17) is 5.73 Å². The second-order valence-corrected chi connectivity index (χ2v) is 5.45. The Morgan fingerprint density at radius 3 is 2.95 bits per heavy atom. The summed E-state index contributed by atoms with van der Waals surface area (Å²) in [5.41, 5.74) is 6.23. The smallest absolute Gasteiger partial charge is 0.270 e. The van der Waals surface area contributed by atoms with Crippen LogP contribution < -0.4 is 5.73 Å². The number of piperidine rings is 1. The molecule has 0 saturated carbocycles. The second kappa shape index (κ2) is 6.35. The molecule has 1 aliphatic heterocycles. The number of hydrogen-bond donors (Lipinski definition) is 1. The molecule has 2 unspecified atom stereocenters. The molecule has 20 heavy (non-hydrogen) atoms. The summed E-state index contributed by atoms with van der Waals surface area (Å²) >= 11 is 0. The van der Waals surface area contributed by atoms with Crippen LogP contribution in [0.5, 0.6) is 0 Å². The van der Waals surface area contributed by atoms with E-state index in [9.17, 15) is 13.6 Å². The minimum Gasteiger partial charge on any atom is -0.338 e. The van der Waals surface area contributed by atoms with Crippen LogP contribution in [0.2, 0.25) is 0 Å². The molecule has 1 saturated heterocycles. The largest absolute Gasteiger partial charge is 0.338 e. The highest BCUT2D eigenvalue weighted by Crippen LogP contribution is 2.21. The Labute approximate surface area is 117 Å². The van der Waals surface area contributed by atoms with Crippen LogP contribution in [-0.4, -0.2) is 40.9 Å². The van der Waals surface area contributed by atoms with Crippen molar-refractivity contribution in [1.82, 2.24) is 9.47 Å². The van der Waals surface area contributed by atoms with Crippen LogP contribution in [0.25, 0.3) is 0 Å². The van der Waals surface area contributed by atoms with Crippen molar-refractivity contribution in [2.75, 3.05) is 13.1 Å². The first kappa shape index (κ1) is 15.0. The van der Waals surface area contributed by atoms with E-state index in [1.807, 2.05) is 6.92 Å². The lowest BCUT2D eigenvalue weighted by Gasteiger charge is -2.34. The molecule has 2 heterocycles. The lowest BCUT2D eigenvalue weighted by molar-refractivity contribution is 0.0642. The summed E-state index contributed by atoms with van der Waals surface area (Å²) in [6.07, 6.45) is 0.978. The van der Waals surface area contributed by atoms with Gasteiger partial charge in [0, 0.05) is 25.3 Å². The van der Waals surface area contributed by atoms with Gasteiger partial charge in [0.25, 0.3) is 12.3 Å². The van der Waals surface area contributed by atoms with Gasteiger partial charge in [0.05, 0.1) is 6.54 Å². The van der Waals surface area contributed by atoms with Gasteiger partial charge < -0.3 is 15.2 Å². The van der Waals surface area contributed by atoms with Gasteiger partial charge in [-0.05, 0) is 37.8 Å². The van der Waals surface area contributed by atoms with E-state index in [1.54, 1.807) is 17.0 Å². The molecule has 0 bridgehead atoms. The fraction of sp³-hybridized carbons (Fsp3) is 0.643. The molecule has 1 aromatic heterocycles. The van der Waals surface area contributed by atoms with Gasteiger partial charge in [0.1, 0.15) is 5.69 Å². The number of aromatic nitrogens is 1. The van der Waals surface area contributed by atoms with Crippen LogP contribution in [0.3, 0.4) is 0 Å². The van der Waals surface area contributed by atoms with Crippen molar-refractivity contribution in [2.24, 2.45) is 11.7 Å². The van der Waals surface area contributed by atoms with Gasteiger partial charge in [0.15, 0.2) is 0 Å². The topological polar surface area (TPSA) is 51.3 Å². The summed E-state index contributed by atoms with van der Waals surface area (Å²) in [7, 11) is 0. The average Bonchev–Trinajstić information content (AvgIpc) is 2.85. The molecule has 0 aromatic carbocycles. The van der Waals surface area contributed by atoms with Crippen LogP contribution in [0, 0.1) is 5.92 Å². The molecule has 2 N–H and O–H groups in total. The van der Waals surface area contributed by atoms with Gasteiger partial charge in [0.2, 0.25) is 0 Å². The van der Waals surface area contributed by atoms with Crippen molar-refractivity contribution >= 4 is 5.91 Å². The average molecular weight is 285 g/mol. The predicted octanol–water partition coefficient (Wildman–Crippen LogP) is 1.95. The molecule has 0 spiro atoms. The zero-order valence-corrected chi connectivity index (χ0v) is 11.6. The van der Waals surface area contributed by atoms with Crippen molar-refractivity contribution < 1.29 is 13.6 Å². The molecule has 0 aliphatic carbocycles. The number of halogens is 2. The van der Waals surface area contributed by atoms with Crippen LogP contribution in [-0.2, 0) is 6.54 Å². The number of rotatable bonds is 4. The van der Waals surface area contributed by atoms with Crippen molar-refractivity contribution in [3.8, 4) is 0 Å². The number of nitrogens with two attached hydrogens (primary N) is 1. The lowest BCUT2D eigenvalue weighted by atomic mass is 9.92. The molecule has 2 rings (SSSR count). The molecule has 2 atom stereocenters. The Kier molecular flexibility index (Phi) is 4.75. The highest BCUT2D eigenvalue weighted by molar-refractivity contribution is 5.92. The fourth-order valence-electron chi connectivity index (χ4n) is 2.70. The Morgan fingerprint density at radius 1 is 1.55 bits per heavy atom. The van der Waals surface area contributed by atoms with Crippen LogP contribution >= 0.6 is 0 Å². The number of likely N-dealkylation sites (tertiary alicyclic amines) is 1. The third kappa shape index (κ3) is 3.36. The normalized spacial score (nSPS) is 21.2. The van der Waals surface area contributed by atoms with Gasteiger partial charge in [-0.15, -0.1) is 0 Å². The van der Waals surface area contributed by atoms with Crippen molar-refractivity contribution in [1.29, 1.82) is 0 Å². The van der Waals surface area contributed by atoms with Crippen LogP contribution in [0.15, 0.2) is 18.3 Å². The monoisotopic (exact) mass is 285 g/mol. The van der Waals surface area contributed by atoms with E-state index in [0.29, 0.717) is 18.8 Å². The highest BCUT2D eigenvalue weighted by atomic mass is 19.3. The number of hydrogen-bond acceptors (Lipinski definition) is 2. The zero-order chi connectivity index (χ0) is 14.7. The maximum atomic E-state index is 12.5. The molecule has 4 nitrogen and oxygen atoms in total. The molecule has 1 amide bonds. The van der Waals surface area contributed by atoms with Crippen molar-refractivity contribution in [3.63, 3.8) is 0 Å². The first-order chi connectivity index (χ1) is 9.49. The molecule has 1 aliphatic rings. The highest BCUT2D eigenvalue weighted by Gasteiger charge is 2.27. The summed E-state index contributed by atoms with van der Waals surface area (Å²) in [5, 5.41) is 0. The van der Waals surface area contributed by atoms with E-state index >= 15 is 0 Å². The Hall–Kier alpha value is -1.43. The van der Waals surface area contributed by atoms with Gasteiger partial charge in [-0.1, -0.05) is 0 Å². The first-order valence-electron chi connectivity index (χ1n) is 6.97. The standard InChI is InChI=1S/C14H21F2N3O/c1-10(17)11-4-2-7-19(8-11)14(20)12-5-3-6-18(12)9-13(15)16/h3,5-6,10-11,13H,2,4,7-9,17H2,1H3. The number of alkyl halides is 2. The second-order valence-electron chi connectivity index (χ2n) is 5.45. The summed E-state index contributed by atoms with van der Waals surface area (Å²) in [5.74, 6) is 0.104. The third-order valence-corrected chi connectivity index (χ3v) is 3.87. The zero-order valence-electron chi connectivity index (χ0n) is 11.6.